The van der Waals surface area contributed by atoms with Gasteiger partial charge in [0.05, 0.1) is 0 Å². The molecule has 6 rings (SSSR count). The fourth-order valence-electron chi connectivity index (χ4n) is 9.31. The predicted molar refractivity (Wildman–Crippen MR) is 147 cm³/mol. The smallest absolute Gasteiger partial charge is 0.00463 e. The van der Waals surface area contributed by atoms with Gasteiger partial charge in [-0.05, 0) is 123 Å². The minimum atomic E-state index is 0.524. The van der Waals surface area contributed by atoms with Crippen molar-refractivity contribution >= 4 is 0 Å². The monoisotopic (exact) mass is 462 g/mol. The minimum absolute atomic E-state index is 0.524. The Bertz CT molecular complexity index is 716. The average molecular weight is 463 g/mol. The standard InChI is InChI=1S/C34H54/c1-3-5-6-8-28-9-13-29(14-10-28)30-15-19-32(20-16-30)34-24-21-33(22-25-34,23-26-34)31-17-11-27(7-4-2)12-18-31/h15-16,19-20,27-29,31H,3-14,17-18,21-26H2,1-2H3/t27-,28-,29-,31-,33?,34?. The van der Waals surface area contributed by atoms with Crippen molar-refractivity contribution in [1.29, 1.82) is 0 Å². The Hall–Kier alpha value is -0.780. The molecule has 0 unspecified atom stereocenters. The van der Waals surface area contributed by atoms with Crippen molar-refractivity contribution in [3.8, 4) is 0 Å². The molecule has 5 aliphatic rings. The second-order valence-corrected chi connectivity index (χ2v) is 13.5. The topological polar surface area (TPSA) is 0 Å². The van der Waals surface area contributed by atoms with Crippen molar-refractivity contribution in [3.05, 3.63) is 35.4 Å². The number of hydrogen-bond acceptors (Lipinski definition) is 0. The van der Waals surface area contributed by atoms with Crippen LogP contribution in [0.1, 0.15) is 159 Å². The Morgan fingerprint density at radius 3 is 1.79 bits per heavy atom. The van der Waals surface area contributed by atoms with Crippen LogP contribution in [0.4, 0.5) is 0 Å². The van der Waals surface area contributed by atoms with Gasteiger partial charge in [0.1, 0.15) is 0 Å². The Kier molecular flexibility index (Phi) is 8.12. The van der Waals surface area contributed by atoms with E-state index in [9.17, 15) is 0 Å². The van der Waals surface area contributed by atoms with Gasteiger partial charge in [0.2, 0.25) is 0 Å². The third-order valence-corrected chi connectivity index (χ3v) is 11.8. The summed E-state index contributed by atoms with van der Waals surface area (Å²) in [5, 5.41) is 0. The molecule has 0 radical (unpaired) electrons. The molecule has 0 spiro atoms. The molecule has 2 bridgehead atoms. The molecule has 0 N–H and O–H groups in total. The van der Waals surface area contributed by atoms with E-state index in [2.05, 4.69) is 38.1 Å². The van der Waals surface area contributed by atoms with Crippen molar-refractivity contribution < 1.29 is 0 Å². The van der Waals surface area contributed by atoms with Crippen molar-refractivity contribution in [2.45, 2.75) is 154 Å². The van der Waals surface area contributed by atoms with Crippen LogP contribution in [-0.2, 0) is 5.41 Å². The molecule has 0 aliphatic heterocycles. The van der Waals surface area contributed by atoms with Crippen LogP contribution in [0.5, 0.6) is 0 Å². The summed E-state index contributed by atoms with van der Waals surface area (Å²) < 4.78 is 0. The summed E-state index contributed by atoms with van der Waals surface area (Å²) in [5.41, 5.74) is 4.60. The molecule has 0 saturated heterocycles. The molecule has 1 aromatic rings. The van der Waals surface area contributed by atoms with Gasteiger partial charge >= 0.3 is 0 Å². The van der Waals surface area contributed by atoms with E-state index in [0.29, 0.717) is 5.41 Å². The third kappa shape index (κ3) is 5.18. The van der Waals surface area contributed by atoms with Crippen LogP contribution in [0.3, 0.4) is 0 Å². The lowest BCUT2D eigenvalue weighted by Gasteiger charge is -2.58. The van der Waals surface area contributed by atoms with Crippen LogP contribution in [-0.4, -0.2) is 0 Å². The summed E-state index contributed by atoms with van der Waals surface area (Å²) in [5.74, 6) is 3.96. The summed E-state index contributed by atoms with van der Waals surface area (Å²) >= 11 is 0. The van der Waals surface area contributed by atoms with E-state index in [1.807, 2.05) is 0 Å². The Morgan fingerprint density at radius 2 is 1.21 bits per heavy atom. The van der Waals surface area contributed by atoms with Crippen molar-refractivity contribution in [2.75, 3.05) is 0 Å². The molecule has 0 atom stereocenters. The highest BCUT2D eigenvalue weighted by Crippen LogP contribution is 2.62. The number of unbranched alkanes of at least 4 members (excludes halogenated alkanes) is 2. The van der Waals surface area contributed by atoms with Gasteiger partial charge < -0.3 is 0 Å². The quantitative estimate of drug-likeness (QED) is 0.320. The van der Waals surface area contributed by atoms with Crippen molar-refractivity contribution in [2.24, 2.45) is 23.2 Å². The van der Waals surface area contributed by atoms with E-state index in [1.165, 1.54) is 116 Å². The average Bonchev–Trinajstić information content (AvgIpc) is 2.91. The molecule has 5 fully saturated rings. The van der Waals surface area contributed by atoms with Gasteiger partial charge in [0, 0.05) is 0 Å². The highest BCUT2D eigenvalue weighted by molar-refractivity contribution is 5.33. The maximum atomic E-state index is 2.58. The van der Waals surface area contributed by atoms with Gasteiger partial charge in [-0.25, -0.2) is 0 Å². The van der Waals surface area contributed by atoms with Crippen LogP contribution < -0.4 is 0 Å². The molecule has 0 heteroatoms. The third-order valence-electron chi connectivity index (χ3n) is 11.8. The molecule has 0 aromatic heterocycles. The van der Waals surface area contributed by atoms with E-state index < -0.39 is 0 Å². The number of rotatable bonds is 9. The van der Waals surface area contributed by atoms with E-state index >= 15 is 0 Å². The lowest BCUT2D eigenvalue weighted by atomic mass is 9.47. The summed E-state index contributed by atoms with van der Waals surface area (Å²) in [6, 6.07) is 10.3. The summed E-state index contributed by atoms with van der Waals surface area (Å²) in [4.78, 5) is 0. The van der Waals surface area contributed by atoms with Crippen LogP contribution in [0.2, 0.25) is 0 Å². The van der Waals surface area contributed by atoms with Gasteiger partial charge in [0.15, 0.2) is 0 Å². The molecule has 5 saturated carbocycles. The molecule has 5 aliphatic carbocycles. The predicted octanol–water partition coefficient (Wildman–Crippen LogP) is 10.7. The zero-order valence-corrected chi connectivity index (χ0v) is 22.8. The van der Waals surface area contributed by atoms with Gasteiger partial charge in [-0.1, -0.05) is 89.5 Å². The zero-order chi connectivity index (χ0) is 23.4. The second-order valence-electron chi connectivity index (χ2n) is 13.5. The van der Waals surface area contributed by atoms with Crippen LogP contribution in [0.25, 0.3) is 0 Å². The van der Waals surface area contributed by atoms with Crippen LogP contribution in [0.15, 0.2) is 24.3 Å². The molecule has 1 aromatic carbocycles. The molecule has 34 heavy (non-hydrogen) atoms. The molecular weight excluding hydrogens is 408 g/mol. The molecule has 0 heterocycles. The largest absolute Gasteiger partial charge is 0.0654 e. The lowest BCUT2D eigenvalue weighted by Crippen LogP contribution is -2.48. The van der Waals surface area contributed by atoms with Gasteiger partial charge in [-0.15, -0.1) is 0 Å². The number of fused-ring (bicyclic) bond motifs is 3. The Morgan fingerprint density at radius 1 is 0.618 bits per heavy atom. The van der Waals surface area contributed by atoms with Gasteiger partial charge in [0.25, 0.3) is 0 Å². The first-order valence-corrected chi connectivity index (χ1v) is 15.8. The van der Waals surface area contributed by atoms with E-state index in [-0.39, 0.29) is 0 Å². The molecule has 190 valence electrons. The normalized spacial score (nSPS) is 38.2. The highest BCUT2D eigenvalue weighted by atomic mass is 14.6. The van der Waals surface area contributed by atoms with Crippen LogP contribution >= 0.6 is 0 Å². The Balaban J connectivity index is 1.14. The van der Waals surface area contributed by atoms with E-state index in [1.54, 1.807) is 24.0 Å². The fourth-order valence-corrected chi connectivity index (χ4v) is 9.31. The SMILES string of the molecule is CCCCC[C@H]1CC[C@H](c2ccc(C34CCC([C@H]5CC[C@H](CCC)CC5)(CC3)CC4)cc2)CC1. The number of benzene rings is 1. The van der Waals surface area contributed by atoms with E-state index in [0.717, 1.165) is 29.1 Å². The molecular formula is C34H54. The minimum Gasteiger partial charge on any atom is -0.0654 e. The Labute approximate surface area is 212 Å². The summed E-state index contributed by atoms with van der Waals surface area (Å²) in [6.45, 7) is 4.70. The first-order valence-electron chi connectivity index (χ1n) is 15.8. The van der Waals surface area contributed by atoms with Crippen molar-refractivity contribution in [3.63, 3.8) is 0 Å². The maximum absolute atomic E-state index is 2.58. The van der Waals surface area contributed by atoms with Gasteiger partial charge in [-0.3, -0.25) is 0 Å². The van der Waals surface area contributed by atoms with Crippen LogP contribution in [0, 0.1) is 23.2 Å². The molecule has 0 amide bonds. The van der Waals surface area contributed by atoms with E-state index in [4.69, 9.17) is 0 Å². The first kappa shape index (κ1) is 24.9. The zero-order valence-electron chi connectivity index (χ0n) is 22.8. The second kappa shape index (κ2) is 11.1. The fraction of sp³-hybridized carbons (Fsp3) is 0.824. The maximum Gasteiger partial charge on any atom is -0.00463 e. The van der Waals surface area contributed by atoms with Crippen molar-refractivity contribution in [1.82, 2.24) is 0 Å². The highest BCUT2D eigenvalue weighted by Gasteiger charge is 2.52. The lowest BCUT2D eigenvalue weighted by molar-refractivity contribution is -0.0294. The number of hydrogen-bond donors (Lipinski definition) is 0. The molecule has 0 nitrogen and oxygen atoms in total. The summed E-state index contributed by atoms with van der Waals surface area (Å²) in [7, 11) is 0. The summed E-state index contributed by atoms with van der Waals surface area (Å²) in [6.07, 6.45) is 29.6. The first-order chi connectivity index (χ1) is 16.7. The van der Waals surface area contributed by atoms with Gasteiger partial charge in [-0.2, -0.15) is 0 Å².